The van der Waals surface area contributed by atoms with Crippen LogP contribution in [0.4, 0.5) is 60.5 Å². The van der Waals surface area contributed by atoms with E-state index in [9.17, 15) is 8.78 Å². The van der Waals surface area contributed by atoms with Crippen molar-refractivity contribution in [3.8, 4) is 67.5 Å². The number of rotatable bonds is 18. The van der Waals surface area contributed by atoms with E-state index < -0.39 is 45.7 Å². The van der Waals surface area contributed by atoms with Crippen molar-refractivity contribution in [1.82, 2.24) is 0 Å². The maximum Gasteiger partial charge on any atom is 0.148 e. The third-order valence-corrected chi connectivity index (χ3v) is 23.3. The highest BCUT2D eigenvalue weighted by Crippen LogP contribution is 2.61. The summed E-state index contributed by atoms with van der Waals surface area (Å²) in [5, 5.41) is 1.10. The molecule has 0 spiro atoms. The summed E-state index contributed by atoms with van der Waals surface area (Å²) in [5.74, 6) is -1.57. The number of fused-ring (bicyclic) bond motifs is 9. The van der Waals surface area contributed by atoms with Crippen molar-refractivity contribution < 1.29 is 40.2 Å². The highest BCUT2D eigenvalue weighted by Gasteiger charge is 2.49. The first-order chi connectivity index (χ1) is 56.9. The van der Waals surface area contributed by atoms with Crippen molar-refractivity contribution in [3.05, 3.63) is 454 Å². The first-order valence-electron chi connectivity index (χ1n) is 38.7. The van der Waals surface area contributed by atoms with Gasteiger partial charge in [-0.3, -0.25) is 0 Å². The fourth-order valence-corrected chi connectivity index (χ4v) is 17.8. The molecule has 5 nitrogen and oxygen atoms in total. The molecule has 2 aliphatic carbocycles. The van der Waals surface area contributed by atoms with Crippen molar-refractivity contribution >= 4 is 68.2 Å². The predicted octanol–water partition coefficient (Wildman–Crippen LogP) is 29.5. The number of nitrogens with zero attached hydrogens (tertiary/aromatic N) is 2. The maximum atomic E-state index is 18.2. The van der Waals surface area contributed by atoms with E-state index in [2.05, 4.69) is 150 Å². The number of hydrogen-bond donors (Lipinski definition) is 0. The lowest BCUT2D eigenvalue weighted by Crippen LogP contribution is -2.30. The van der Waals surface area contributed by atoms with Gasteiger partial charge >= 0.3 is 0 Å². The molecule has 566 valence electrons. The highest BCUT2D eigenvalue weighted by molar-refractivity contribution is 6.09. The molecule has 19 rings (SSSR count). The van der Waals surface area contributed by atoms with Gasteiger partial charge in [-0.25, -0.2) is 26.3 Å². The van der Waals surface area contributed by atoms with Gasteiger partial charge in [-0.2, -0.15) is 0 Å². The molecule has 0 saturated carbocycles. The minimum Gasteiger partial charge on any atom is -0.457 e. The van der Waals surface area contributed by atoms with Gasteiger partial charge in [-0.1, -0.05) is 206 Å². The van der Waals surface area contributed by atoms with Crippen LogP contribution in [-0.2, 0) is 10.8 Å². The molecule has 0 radical (unpaired) electrons. The second-order valence-electron chi connectivity index (χ2n) is 30.2. The van der Waals surface area contributed by atoms with Gasteiger partial charge in [0.25, 0.3) is 0 Å². The number of hydrogen-bond acceptors (Lipinski definition) is 5. The molecule has 2 aliphatic rings. The zero-order valence-corrected chi connectivity index (χ0v) is 64.1. The maximum absolute atomic E-state index is 18.2. The van der Waals surface area contributed by atoms with Crippen LogP contribution in [0.15, 0.2) is 345 Å². The third-order valence-electron chi connectivity index (χ3n) is 23.3. The van der Waals surface area contributed by atoms with Crippen LogP contribution >= 0.6 is 0 Å². The van der Waals surface area contributed by atoms with Crippen LogP contribution in [0.5, 0.6) is 23.0 Å². The third kappa shape index (κ3) is 12.4. The molecule has 0 N–H and O–H groups in total. The lowest BCUT2D eigenvalue weighted by Gasteiger charge is -2.36. The fourth-order valence-electron chi connectivity index (χ4n) is 17.8. The van der Waals surface area contributed by atoms with Crippen LogP contribution < -0.4 is 19.3 Å². The molecule has 0 saturated heterocycles. The van der Waals surface area contributed by atoms with E-state index in [1.54, 1.807) is 46.2 Å². The molecular weight excluding hydrogens is 1460 g/mol. The van der Waals surface area contributed by atoms with Crippen LogP contribution in [0.1, 0.15) is 77.9 Å². The van der Waals surface area contributed by atoms with Crippen molar-refractivity contribution in [2.24, 2.45) is 0 Å². The number of halogens is 6. The molecule has 11 heteroatoms. The largest absolute Gasteiger partial charge is 0.457 e. The zero-order chi connectivity index (χ0) is 80.1. The number of anilines is 6. The molecule has 17 aromatic rings. The summed E-state index contributed by atoms with van der Waals surface area (Å²) in [5.41, 5.74) is 18.3. The lowest BCUT2D eigenvalue weighted by atomic mass is 9.66. The first-order valence-corrected chi connectivity index (χ1v) is 38.7. The van der Waals surface area contributed by atoms with Crippen LogP contribution in [0.25, 0.3) is 78.6 Å². The Bertz CT molecular complexity index is 6450. The Morgan fingerprint density at radius 1 is 0.299 bits per heavy atom. The van der Waals surface area contributed by atoms with E-state index >= 15 is 17.6 Å². The van der Waals surface area contributed by atoms with Gasteiger partial charge in [-0.05, 0) is 273 Å². The fraction of sp³-hybridized carbons (Fsp3) is 0.0566. The Morgan fingerprint density at radius 3 is 1.03 bits per heavy atom. The Kier molecular flexibility index (Phi) is 18.0. The van der Waals surface area contributed by atoms with E-state index in [0.29, 0.717) is 67.7 Å². The molecule has 1 heterocycles. The van der Waals surface area contributed by atoms with Crippen molar-refractivity contribution in [2.75, 3.05) is 9.80 Å². The molecule has 1 aromatic heterocycles. The second kappa shape index (κ2) is 28.9. The zero-order valence-electron chi connectivity index (χ0n) is 64.1. The second-order valence-corrected chi connectivity index (χ2v) is 30.2. The summed E-state index contributed by atoms with van der Waals surface area (Å²) >= 11 is 0. The van der Waals surface area contributed by atoms with E-state index in [0.717, 1.165) is 112 Å². The van der Waals surface area contributed by atoms with Gasteiger partial charge in [0, 0.05) is 56.8 Å². The monoisotopic (exact) mass is 1530 g/mol. The summed E-state index contributed by atoms with van der Waals surface area (Å²) in [4.78, 5) is 3.42. The normalized spacial score (nSPS) is 14.4. The molecule has 0 amide bonds. The van der Waals surface area contributed by atoms with Gasteiger partial charge in [-0.15, -0.1) is 0 Å². The molecule has 2 atom stereocenters. The minimum atomic E-state index is -1.01. The summed E-state index contributed by atoms with van der Waals surface area (Å²) in [6, 6.07) is 99.6. The Hall–Kier alpha value is -14.4. The molecule has 0 bridgehead atoms. The molecule has 0 fully saturated rings. The van der Waals surface area contributed by atoms with Crippen molar-refractivity contribution in [2.45, 2.75) is 38.5 Å². The number of aryl methyl sites for hydroxylation is 4. The SMILES string of the molecule is C=Cc1ccc(Oc2ccc(C3(c4cc(C)ccc4C)c4ccccc4-c4ccc(N(c5ccc6oc7ccc(N(c8ccc9c(c8)C(c8ccc(Oc%10ccc(C=C)cc%10)cc8)(c8cc(C)ccc8C)c8ccccc8-9)c8cc(F)c(-c9ccc(F)cc9)cc8F)cc7c6c5)c5cc(F)c(-c6ccc(F)cc6)cc5F)cc43)cc2)cc1. The quantitative estimate of drug-likeness (QED) is 0.0801. The van der Waals surface area contributed by atoms with Crippen LogP contribution in [-0.4, -0.2) is 0 Å². The smallest absolute Gasteiger partial charge is 0.148 e. The summed E-state index contributed by atoms with van der Waals surface area (Å²) in [7, 11) is 0. The van der Waals surface area contributed by atoms with E-state index in [1.165, 1.54) is 60.7 Å². The number of furan rings is 1. The van der Waals surface area contributed by atoms with Crippen LogP contribution in [0.3, 0.4) is 0 Å². The highest BCUT2D eigenvalue weighted by atomic mass is 19.1. The van der Waals surface area contributed by atoms with Gasteiger partial charge < -0.3 is 23.7 Å². The average Bonchev–Trinajstić information content (AvgIpc) is 1.55. The predicted molar refractivity (Wildman–Crippen MR) is 460 cm³/mol. The summed E-state index contributed by atoms with van der Waals surface area (Å²) < 4.78 is 120. The Balaban J connectivity index is 0.809. The van der Waals surface area contributed by atoms with Gasteiger partial charge in [0.05, 0.1) is 22.2 Å². The van der Waals surface area contributed by atoms with Gasteiger partial charge in [0.15, 0.2) is 0 Å². The van der Waals surface area contributed by atoms with Crippen LogP contribution in [0.2, 0.25) is 0 Å². The molecule has 0 aliphatic heterocycles. The molecular formula is C106H72F6N2O3. The van der Waals surface area contributed by atoms with E-state index in [-0.39, 0.29) is 33.6 Å². The summed E-state index contributed by atoms with van der Waals surface area (Å²) in [6.45, 7) is 16.2. The lowest BCUT2D eigenvalue weighted by molar-refractivity contribution is 0.482. The van der Waals surface area contributed by atoms with E-state index in [4.69, 9.17) is 13.9 Å². The first kappa shape index (κ1) is 72.8. The van der Waals surface area contributed by atoms with Crippen molar-refractivity contribution in [3.63, 3.8) is 0 Å². The Labute approximate surface area is 673 Å². The van der Waals surface area contributed by atoms with Crippen LogP contribution in [0, 0.1) is 62.6 Å². The average molecular weight is 1540 g/mol. The topological polar surface area (TPSA) is 38.1 Å². The standard InChI is InChI=1S/C106H72F6N2O3/c1-7-67-21-41-79(42-22-67)115-81-45-29-71(30-46-81)105(93-53-63(3)17-19-65(93)5)91-15-11-9-13-83(91)85-49-37-77(57-95(85)105)113(101-61-97(109)87(59-99(101)111)69-25-33-73(107)34-26-69)75-39-51-103-89(55-75)90-56-76(40-52-104(90)117-103)114(102-62-98(110)88(60-100(102)112)70-27-35-74(108)36-28-70)78-38-50-86-84-14-10-12-16-92(84)106(96(86)58-78,94-54-64(4)18-20-66(94)6)72-31-47-82(48-32-72)116-80-43-23-68(8-2)24-44-80/h7-62H,1-2H2,3-6H3. The molecule has 117 heavy (non-hydrogen) atoms. The van der Waals surface area contributed by atoms with Gasteiger partial charge in [0.1, 0.15) is 69.1 Å². The van der Waals surface area contributed by atoms with Crippen molar-refractivity contribution in [1.29, 1.82) is 0 Å². The van der Waals surface area contributed by atoms with E-state index in [1.807, 2.05) is 121 Å². The van der Waals surface area contributed by atoms with Gasteiger partial charge in [0.2, 0.25) is 0 Å². The molecule has 16 aromatic carbocycles. The number of benzene rings is 16. The number of ether oxygens (including phenoxy) is 2. The molecule has 2 unspecified atom stereocenters. The Morgan fingerprint density at radius 2 is 0.650 bits per heavy atom. The minimum absolute atomic E-state index is 0.0687. The summed E-state index contributed by atoms with van der Waals surface area (Å²) in [6.07, 6.45) is 3.56.